The normalized spacial score (nSPS) is 35.4. The van der Waals surface area contributed by atoms with E-state index in [1.807, 2.05) is 0 Å². The van der Waals surface area contributed by atoms with E-state index in [0.717, 1.165) is 6.04 Å². The second kappa shape index (κ2) is 4.84. The molecule has 3 fully saturated rings. The number of nitrogens with zero attached hydrogens (tertiary/aromatic N) is 2. The van der Waals surface area contributed by atoms with Gasteiger partial charge in [0.2, 0.25) is 0 Å². The maximum atomic E-state index is 5.87. The predicted octanol–water partition coefficient (Wildman–Crippen LogP) is 1.07. The van der Waals surface area contributed by atoms with Crippen LogP contribution < -0.4 is 11.1 Å². The largest absolute Gasteiger partial charge is 0.370 e. The van der Waals surface area contributed by atoms with Crippen LogP contribution in [0.1, 0.15) is 44.9 Å². The minimum Gasteiger partial charge on any atom is -0.370 e. The Morgan fingerprint density at radius 1 is 1.12 bits per heavy atom. The van der Waals surface area contributed by atoms with Crippen LogP contribution in [0.4, 0.5) is 0 Å². The molecule has 1 heterocycles. The highest BCUT2D eigenvalue weighted by molar-refractivity contribution is 5.78. The Labute approximate surface area is 104 Å². The molecule has 0 bridgehead atoms. The Morgan fingerprint density at radius 3 is 2.47 bits per heavy atom. The van der Waals surface area contributed by atoms with E-state index in [1.54, 1.807) is 0 Å². The zero-order chi connectivity index (χ0) is 11.7. The van der Waals surface area contributed by atoms with Crippen molar-refractivity contribution in [2.45, 2.75) is 63.1 Å². The zero-order valence-corrected chi connectivity index (χ0v) is 10.6. The van der Waals surface area contributed by atoms with E-state index in [9.17, 15) is 0 Å². The first-order valence-electron chi connectivity index (χ1n) is 7.15. The molecule has 0 unspecified atom stereocenters. The van der Waals surface area contributed by atoms with Crippen molar-refractivity contribution < 1.29 is 0 Å². The first kappa shape index (κ1) is 11.3. The summed E-state index contributed by atoms with van der Waals surface area (Å²) in [5.74, 6) is 0.676. The standard InChI is InChI=1S/C13H24N4/c14-13(15-10-4-5-10)16-11-8-12(9-11)17-6-2-1-3-7-17/h10-12H,1-9H2,(H3,14,15,16). The molecule has 96 valence electrons. The summed E-state index contributed by atoms with van der Waals surface area (Å²) < 4.78 is 0. The number of hydrogen-bond donors (Lipinski definition) is 2. The first-order valence-corrected chi connectivity index (χ1v) is 7.15. The SMILES string of the molecule is NC(=NC1CC1)NC1CC(N2CCCCC2)C1. The molecule has 2 saturated carbocycles. The monoisotopic (exact) mass is 236 g/mol. The van der Waals surface area contributed by atoms with Crippen LogP contribution in [-0.4, -0.2) is 42.1 Å². The molecule has 2 aliphatic carbocycles. The molecular formula is C13H24N4. The van der Waals surface area contributed by atoms with Crippen molar-refractivity contribution in [1.82, 2.24) is 10.2 Å². The van der Waals surface area contributed by atoms with Crippen LogP contribution in [0.2, 0.25) is 0 Å². The van der Waals surface area contributed by atoms with Gasteiger partial charge in [0, 0.05) is 12.1 Å². The van der Waals surface area contributed by atoms with Gasteiger partial charge in [-0.15, -0.1) is 0 Å². The third kappa shape index (κ3) is 2.92. The van der Waals surface area contributed by atoms with Gasteiger partial charge in [0.15, 0.2) is 5.96 Å². The van der Waals surface area contributed by atoms with Crippen molar-refractivity contribution >= 4 is 5.96 Å². The van der Waals surface area contributed by atoms with Crippen molar-refractivity contribution in [2.75, 3.05) is 13.1 Å². The zero-order valence-electron chi connectivity index (χ0n) is 10.6. The van der Waals surface area contributed by atoms with Gasteiger partial charge in [0.25, 0.3) is 0 Å². The molecule has 3 aliphatic rings. The van der Waals surface area contributed by atoms with Crippen LogP contribution in [0.3, 0.4) is 0 Å². The smallest absolute Gasteiger partial charge is 0.189 e. The Kier molecular flexibility index (Phi) is 3.23. The molecule has 0 aromatic rings. The van der Waals surface area contributed by atoms with Crippen molar-refractivity contribution in [3.05, 3.63) is 0 Å². The van der Waals surface area contributed by atoms with Gasteiger partial charge >= 0.3 is 0 Å². The lowest BCUT2D eigenvalue weighted by Crippen LogP contribution is -2.56. The Hall–Kier alpha value is -0.770. The van der Waals surface area contributed by atoms with E-state index >= 15 is 0 Å². The van der Waals surface area contributed by atoms with Gasteiger partial charge in [0.1, 0.15) is 0 Å². The molecule has 1 aliphatic heterocycles. The fourth-order valence-corrected chi connectivity index (χ4v) is 2.93. The summed E-state index contributed by atoms with van der Waals surface area (Å²) in [6.45, 7) is 2.62. The molecule has 17 heavy (non-hydrogen) atoms. The maximum absolute atomic E-state index is 5.87. The average Bonchev–Trinajstić information content (AvgIpc) is 3.08. The Morgan fingerprint density at radius 2 is 1.82 bits per heavy atom. The number of guanidine groups is 1. The van der Waals surface area contributed by atoms with Crippen LogP contribution >= 0.6 is 0 Å². The molecule has 0 aromatic carbocycles. The quantitative estimate of drug-likeness (QED) is 0.569. The highest BCUT2D eigenvalue weighted by Gasteiger charge is 2.34. The van der Waals surface area contributed by atoms with Crippen LogP contribution in [0.25, 0.3) is 0 Å². The van der Waals surface area contributed by atoms with Gasteiger partial charge in [0.05, 0.1) is 6.04 Å². The van der Waals surface area contributed by atoms with Crippen LogP contribution in [0, 0.1) is 0 Å². The van der Waals surface area contributed by atoms with Gasteiger partial charge in [-0.2, -0.15) is 0 Å². The third-order valence-electron chi connectivity index (χ3n) is 4.24. The summed E-state index contributed by atoms with van der Waals surface area (Å²) in [6.07, 6.45) is 9.15. The minimum absolute atomic E-state index is 0.528. The summed E-state index contributed by atoms with van der Waals surface area (Å²) in [5.41, 5.74) is 5.87. The van der Waals surface area contributed by atoms with Gasteiger partial charge in [-0.25, -0.2) is 0 Å². The third-order valence-corrected chi connectivity index (χ3v) is 4.24. The molecule has 0 atom stereocenters. The number of rotatable bonds is 3. The fraction of sp³-hybridized carbons (Fsp3) is 0.923. The first-order chi connectivity index (χ1) is 8.31. The molecule has 4 heteroatoms. The topological polar surface area (TPSA) is 53.6 Å². The average molecular weight is 236 g/mol. The number of nitrogens with one attached hydrogen (secondary N) is 1. The lowest BCUT2D eigenvalue weighted by molar-refractivity contribution is 0.0846. The van der Waals surface area contributed by atoms with Crippen molar-refractivity contribution in [2.24, 2.45) is 10.7 Å². The van der Waals surface area contributed by atoms with E-state index in [4.69, 9.17) is 5.73 Å². The van der Waals surface area contributed by atoms with E-state index in [-0.39, 0.29) is 0 Å². The van der Waals surface area contributed by atoms with Crippen LogP contribution in [0.5, 0.6) is 0 Å². The van der Waals surface area contributed by atoms with E-state index in [0.29, 0.717) is 18.0 Å². The summed E-state index contributed by atoms with van der Waals surface area (Å²) in [6, 6.07) is 1.91. The van der Waals surface area contributed by atoms with E-state index < -0.39 is 0 Å². The number of piperidine rings is 1. The number of likely N-dealkylation sites (tertiary alicyclic amines) is 1. The molecular weight excluding hydrogens is 212 g/mol. The van der Waals surface area contributed by atoms with Crippen molar-refractivity contribution in [1.29, 1.82) is 0 Å². The summed E-state index contributed by atoms with van der Waals surface area (Å²) in [7, 11) is 0. The highest BCUT2D eigenvalue weighted by Crippen LogP contribution is 2.28. The molecule has 3 N–H and O–H groups in total. The molecule has 1 saturated heterocycles. The predicted molar refractivity (Wildman–Crippen MR) is 70.0 cm³/mol. The number of aliphatic imine (C=N–C) groups is 1. The lowest BCUT2D eigenvalue weighted by Gasteiger charge is -2.44. The maximum Gasteiger partial charge on any atom is 0.189 e. The van der Waals surface area contributed by atoms with Crippen molar-refractivity contribution in [3.8, 4) is 0 Å². The molecule has 0 amide bonds. The Bertz CT molecular complexity index is 286. The minimum atomic E-state index is 0.528. The highest BCUT2D eigenvalue weighted by atomic mass is 15.2. The Balaban J connectivity index is 1.38. The van der Waals surface area contributed by atoms with E-state index in [2.05, 4.69) is 15.2 Å². The number of hydrogen-bond acceptors (Lipinski definition) is 2. The summed E-state index contributed by atoms with van der Waals surface area (Å²) >= 11 is 0. The summed E-state index contributed by atoms with van der Waals surface area (Å²) in [4.78, 5) is 7.08. The van der Waals surface area contributed by atoms with Gasteiger partial charge in [-0.05, 0) is 51.6 Å². The van der Waals surface area contributed by atoms with Crippen LogP contribution in [0.15, 0.2) is 4.99 Å². The lowest BCUT2D eigenvalue weighted by atomic mass is 9.84. The van der Waals surface area contributed by atoms with Gasteiger partial charge in [-0.1, -0.05) is 6.42 Å². The molecule has 0 aromatic heterocycles. The number of nitrogens with two attached hydrogens (primary N) is 1. The van der Waals surface area contributed by atoms with Crippen LogP contribution in [-0.2, 0) is 0 Å². The molecule has 0 spiro atoms. The molecule has 0 radical (unpaired) electrons. The second-order valence-electron chi connectivity index (χ2n) is 5.81. The van der Waals surface area contributed by atoms with Gasteiger partial charge < -0.3 is 16.0 Å². The fourth-order valence-electron chi connectivity index (χ4n) is 2.93. The molecule has 3 rings (SSSR count). The van der Waals surface area contributed by atoms with E-state index in [1.165, 1.54) is 58.0 Å². The van der Waals surface area contributed by atoms with Gasteiger partial charge in [-0.3, -0.25) is 4.99 Å². The summed E-state index contributed by atoms with van der Waals surface area (Å²) in [5, 5.41) is 3.36. The molecule has 4 nitrogen and oxygen atoms in total. The second-order valence-corrected chi connectivity index (χ2v) is 5.81. The van der Waals surface area contributed by atoms with Crippen molar-refractivity contribution in [3.63, 3.8) is 0 Å².